The smallest absolute Gasteiger partial charge is 0.307 e. The molecule has 0 saturated heterocycles. The Morgan fingerprint density at radius 1 is 1.03 bits per heavy atom. The predicted octanol–water partition coefficient (Wildman–Crippen LogP) is 7.43. The van der Waals surface area contributed by atoms with Crippen LogP contribution in [0.2, 0.25) is 0 Å². The Morgan fingerprint density at radius 3 is 2.44 bits per heavy atom. The van der Waals surface area contributed by atoms with Crippen LogP contribution < -0.4 is 4.74 Å². The van der Waals surface area contributed by atoms with E-state index in [2.05, 4.69) is 67.5 Å². The number of hydrogen-bond donors (Lipinski definition) is 0. The summed E-state index contributed by atoms with van der Waals surface area (Å²) in [5, 5.41) is 3.52. The van der Waals surface area contributed by atoms with Gasteiger partial charge in [-0.1, -0.05) is 42.3 Å². The van der Waals surface area contributed by atoms with Crippen LogP contribution in [-0.2, 0) is 16.1 Å². The molecule has 0 saturated carbocycles. The van der Waals surface area contributed by atoms with Crippen LogP contribution in [0, 0.1) is 25.7 Å². The molecule has 1 atom stereocenters. The van der Waals surface area contributed by atoms with Gasteiger partial charge in [0.25, 0.3) is 0 Å². The van der Waals surface area contributed by atoms with Crippen LogP contribution in [0.1, 0.15) is 41.5 Å². The molecule has 0 aliphatic rings. The van der Waals surface area contributed by atoms with Crippen LogP contribution in [0.4, 0.5) is 0 Å². The largest absolute Gasteiger partial charge is 0.489 e. The molecule has 4 rings (SSSR count). The highest BCUT2D eigenvalue weighted by atomic mass is 32.1. The van der Waals surface area contributed by atoms with E-state index in [9.17, 15) is 4.79 Å². The van der Waals surface area contributed by atoms with E-state index in [4.69, 9.17) is 9.47 Å². The van der Waals surface area contributed by atoms with Crippen LogP contribution in [0.25, 0.3) is 21.2 Å². The first-order chi connectivity index (χ1) is 16.5. The van der Waals surface area contributed by atoms with Crippen LogP contribution in [0.5, 0.6) is 5.75 Å². The van der Waals surface area contributed by atoms with Crippen molar-refractivity contribution in [2.75, 3.05) is 7.11 Å². The molecule has 3 aromatic carbocycles. The van der Waals surface area contributed by atoms with Gasteiger partial charge in [0.05, 0.1) is 19.4 Å². The molecule has 0 unspecified atom stereocenters. The van der Waals surface area contributed by atoms with E-state index in [0.717, 1.165) is 16.9 Å². The van der Waals surface area contributed by atoms with Crippen molar-refractivity contribution in [3.8, 4) is 28.7 Å². The molecule has 172 valence electrons. The van der Waals surface area contributed by atoms with Crippen LogP contribution in [-0.4, -0.2) is 13.1 Å². The zero-order valence-electron chi connectivity index (χ0n) is 20.0. The minimum absolute atomic E-state index is 0.184. The van der Waals surface area contributed by atoms with Gasteiger partial charge in [0, 0.05) is 15.6 Å². The maximum absolute atomic E-state index is 11.7. The molecule has 0 bridgehead atoms. The Balaban J connectivity index is 1.51. The molecule has 0 aliphatic heterocycles. The molecule has 3 nitrogen and oxygen atoms in total. The van der Waals surface area contributed by atoms with Crippen molar-refractivity contribution in [3.63, 3.8) is 0 Å². The van der Waals surface area contributed by atoms with Gasteiger partial charge in [-0.05, 0) is 78.2 Å². The third-order valence-corrected chi connectivity index (χ3v) is 6.96. The van der Waals surface area contributed by atoms with Gasteiger partial charge in [-0.25, -0.2) is 0 Å². The van der Waals surface area contributed by atoms with E-state index in [1.807, 2.05) is 24.3 Å². The minimum atomic E-state index is -0.267. The molecule has 0 N–H and O–H groups in total. The predicted molar refractivity (Wildman–Crippen MR) is 140 cm³/mol. The fourth-order valence-electron chi connectivity index (χ4n) is 4.24. The lowest BCUT2D eigenvalue weighted by molar-refractivity contribution is -0.140. The average molecular weight is 469 g/mol. The molecule has 4 aromatic rings. The first kappa shape index (κ1) is 23.6. The van der Waals surface area contributed by atoms with Crippen molar-refractivity contribution < 1.29 is 14.3 Å². The molecule has 1 heterocycles. The first-order valence-corrected chi connectivity index (χ1v) is 12.2. The summed E-state index contributed by atoms with van der Waals surface area (Å²) in [5.74, 6) is 6.33. The van der Waals surface area contributed by atoms with E-state index in [0.29, 0.717) is 6.61 Å². The van der Waals surface area contributed by atoms with E-state index in [1.165, 1.54) is 39.4 Å². The summed E-state index contributed by atoms with van der Waals surface area (Å²) < 4.78 is 12.2. The lowest BCUT2D eigenvalue weighted by Gasteiger charge is -2.12. The third kappa shape index (κ3) is 5.16. The number of hydrogen-bond acceptors (Lipinski definition) is 4. The SMILES string of the molecule is CC#C[C@@H](CC(=O)OC)c1ccc(OCc2ccc3scc(-c4c(C)cccc4C)c3c2)cc1. The van der Waals surface area contributed by atoms with Gasteiger partial charge in [-0.2, -0.15) is 0 Å². The zero-order chi connectivity index (χ0) is 24.1. The van der Waals surface area contributed by atoms with E-state index >= 15 is 0 Å². The van der Waals surface area contributed by atoms with Crippen molar-refractivity contribution in [1.82, 2.24) is 0 Å². The molecule has 4 heteroatoms. The van der Waals surface area contributed by atoms with Gasteiger partial charge in [0.1, 0.15) is 12.4 Å². The second kappa shape index (κ2) is 10.6. The Labute approximate surface area is 205 Å². The van der Waals surface area contributed by atoms with Crippen molar-refractivity contribution >= 4 is 27.4 Å². The number of carbonyl (C=O) groups excluding carboxylic acids is 1. The fraction of sp³-hybridized carbons (Fsp3) is 0.233. The topological polar surface area (TPSA) is 35.5 Å². The molecule has 0 amide bonds. The molecular formula is C30H28O3S. The highest BCUT2D eigenvalue weighted by Crippen LogP contribution is 2.38. The summed E-state index contributed by atoms with van der Waals surface area (Å²) in [4.78, 5) is 11.7. The number of esters is 1. The van der Waals surface area contributed by atoms with E-state index < -0.39 is 0 Å². The van der Waals surface area contributed by atoms with Crippen molar-refractivity contribution in [2.24, 2.45) is 0 Å². The normalized spacial score (nSPS) is 11.5. The highest BCUT2D eigenvalue weighted by molar-refractivity contribution is 7.17. The zero-order valence-corrected chi connectivity index (χ0v) is 20.8. The number of aryl methyl sites for hydroxylation is 2. The van der Waals surface area contributed by atoms with E-state index in [1.54, 1.807) is 18.3 Å². The summed E-state index contributed by atoms with van der Waals surface area (Å²) in [6, 6.07) is 20.8. The maximum atomic E-state index is 11.7. The number of rotatable bonds is 7. The number of ether oxygens (including phenoxy) is 2. The van der Waals surface area contributed by atoms with Gasteiger partial charge in [-0.3, -0.25) is 4.79 Å². The summed E-state index contributed by atoms with van der Waals surface area (Å²) in [5.41, 5.74) is 7.29. The van der Waals surface area contributed by atoms with Crippen LogP contribution in [0.15, 0.2) is 66.0 Å². The monoisotopic (exact) mass is 468 g/mol. The summed E-state index contributed by atoms with van der Waals surface area (Å²) in [6.45, 7) is 6.60. The maximum Gasteiger partial charge on any atom is 0.307 e. The average Bonchev–Trinajstić information content (AvgIpc) is 3.25. The Bertz CT molecular complexity index is 1350. The minimum Gasteiger partial charge on any atom is -0.489 e. The molecule has 34 heavy (non-hydrogen) atoms. The Morgan fingerprint density at radius 2 is 1.76 bits per heavy atom. The van der Waals surface area contributed by atoms with E-state index in [-0.39, 0.29) is 18.3 Å². The number of carbonyl (C=O) groups is 1. The fourth-order valence-corrected chi connectivity index (χ4v) is 5.17. The second-order valence-corrected chi connectivity index (χ2v) is 9.24. The van der Waals surface area contributed by atoms with Gasteiger partial charge < -0.3 is 9.47 Å². The number of fused-ring (bicyclic) bond motifs is 1. The molecular weight excluding hydrogens is 440 g/mol. The third-order valence-electron chi connectivity index (χ3n) is 5.99. The summed E-state index contributed by atoms with van der Waals surface area (Å²) in [7, 11) is 1.40. The highest BCUT2D eigenvalue weighted by Gasteiger charge is 2.15. The number of benzene rings is 3. The second-order valence-electron chi connectivity index (χ2n) is 8.33. The standard InChI is InChI=1S/C30H28O3S/c1-5-7-24(17-29(31)32-4)23-11-13-25(14-12-23)33-18-22-10-15-28-26(16-22)27(19-34-28)30-20(2)8-6-9-21(30)3/h6,8-16,19,24H,17-18H2,1-4H3/t24-/m0/s1. The van der Waals surface area contributed by atoms with Crippen molar-refractivity contribution in [3.05, 3.63) is 88.3 Å². The Kier molecular flexibility index (Phi) is 7.35. The summed E-state index contributed by atoms with van der Waals surface area (Å²) in [6.07, 6.45) is 0.237. The van der Waals surface area contributed by atoms with Crippen molar-refractivity contribution in [1.29, 1.82) is 0 Å². The van der Waals surface area contributed by atoms with Gasteiger partial charge in [0.15, 0.2) is 0 Å². The molecule has 0 fully saturated rings. The van der Waals surface area contributed by atoms with Crippen LogP contribution >= 0.6 is 11.3 Å². The van der Waals surface area contributed by atoms with Gasteiger partial charge in [-0.15, -0.1) is 17.3 Å². The van der Waals surface area contributed by atoms with Crippen LogP contribution in [0.3, 0.4) is 0 Å². The van der Waals surface area contributed by atoms with Gasteiger partial charge in [0.2, 0.25) is 0 Å². The lowest BCUT2D eigenvalue weighted by Crippen LogP contribution is -2.07. The van der Waals surface area contributed by atoms with Gasteiger partial charge >= 0.3 is 5.97 Å². The molecule has 0 spiro atoms. The number of methoxy groups -OCH3 is 1. The first-order valence-electron chi connectivity index (χ1n) is 11.3. The molecule has 1 aromatic heterocycles. The lowest BCUT2D eigenvalue weighted by atomic mass is 9.95. The Hall–Kier alpha value is -3.55. The summed E-state index contributed by atoms with van der Waals surface area (Å²) >= 11 is 1.78. The number of thiophene rings is 1. The molecule has 0 aliphatic carbocycles. The molecule has 0 radical (unpaired) electrons. The van der Waals surface area contributed by atoms with Crippen molar-refractivity contribution in [2.45, 2.75) is 39.7 Å². The quantitative estimate of drug-likeness (QED) is 0.209.